The molecule has 202 valence electrons. The predicted molar refractivity (Wildman–Crippen MR) is 151 cm³/mol. The first kappa shape index (κ1) is 31.7. The molecule has 0 atom stereocenters. The summed E-state index contributed by atoms with van der Waals surface area (Å²) in [6.45, 7) is 22.6. The summed E-state index contributed by atoms with van der Waals surface area (Å²) in [5.74, 6) is 0.695. The normalized spacial score (nSPS) is 12.4. The lowest BCUT2D eigenvalue weighted by Crippen LogP contribution is -2.23. The zero-order chi connectivity index (χ0) is 26.7. The van der Waals surface area contributed by atoms with Crippen molar-refractivity contribution in [1.82, 2.24) is 0 Å². The van der Waals surface area contributed by atoms with Crippen LogP contribution in [0.5, 0.6) is 17.2 Å². The molecule has 1 aromatic rings. The molecule has 0 heterocycles. The lowest BCUT2D eigenvalue weighted by atomic mass is 10.1. The molecule has 0 aliphatic rings. The molecule has 0 amide bonds. The summed E-state index contributed by atoms with van der Waals surface area (Å²) >= 11 is 0. The second-order valence-electron chi connectivity index (χ2n) is 12.4. The first-order valence-electron chi connectivity index (χ1n) is 12.4. The maximum Gasteiger partial charge on any atom is 0.341 e. The van der Waals surface area contributed by atoms with Gasteiger partial charge in [-0.1, -0.05) is 58.9 Å². The van der Waals surface area contributed by atoms with Crippen LogP contribution in [0.2, 0.25) is 77.1 Å². The first-order chi connectivity index (χ1) is 16.1. The number of carbonyl (C=O) groups is 1. The van der Waals surface area contributed by atoms with E-state index < -0.39 is 30.2 Å². The van der Waals surface area contributed by atoms with E-state index in [1.165, 1.54) is 7.11 Å². The van der Waals surface area contributed by atoms with Crippen molar-refractivity contribution in [2.75, 3.05) is 40.5 Å². The van der Waals surface area contributed by atoms with Gasteiger partial charge in [0.15, 0.2) is 25.1 Å². The summed E-state index contributed by atoms with van der Waals surface area (Å²) in [7, 11) is -2.35. The minimum Gasteiger partial charge on any atom is -0.490 e. The minimum absolute atomic E-state index is 0.0266. The Kier molecular flexibility index (Phi) is 13.0. The predicted octanol–water partition coefficient (Wildman–Crippen LogP) is 6.57. The van der Waals surface area contributed by atoms with Crippen molar-refractivity contribution < 1.29 is 33.2 Å². The average molecular weight is 545 g/mol. The Hall–Kier alpha value is -1.34. The molecule has 0 spiro atoms. The molecular formula is C25H48O7Si3. The van der Waals surface area contributed by atoms with E-state index in [0.29, 0.717) is 37.1 Å². The van der Waals surface area contributed by atoms with Gasteiger partial charge in [-0.15, -0.1) is 0 Å². The van der Waals surface area contributed by atoms with Gasteiger partial charge < -0.3 is 28.4 Å². The smallest absolute Gasteiger partial charge is 0.341 e. The third kappa shape index (κ3) is 14.7. The Morgan fingerprint density at radius 3 is 1.66 bits per heavy atom. The molecule has 0 saturated heterocycles. The third-order valence-corrected chi connectivity index (χ3v) is 10.2. The monoisotopic (exact) mass is 544 g/mol. The van der Waals surface area contributed by atoms with E-state index in [-0.39, 0.29) is 19.1 Å². The molecule has 0 bridgehead atoms. The van der Waals surface area contributed by atoms with E-state index in [1.54, 1.807) is 12.1 Å². The van der Waals surface area contributed by atoms with Gasteiger partial charge in [0.05, 0.1) is 13.7 Å². The van der Waals surface area contributed by atoms with Gasteiger partial charge in [0.25, 0.3) is 0 Å². The zero-order valence-electron chi connectivity index (χ0n) is 23.7. The Morgan fingerprint density at radius 2 is 1.17 bits per heavy atom. The van der Waals surface area contributed by atoms with E-state index in [1.807, 2.05) is 0 Å². The Morgan fingerprint density at radius 1 is 0.686 bits per heavy atom. The molecular weight excluding hydrogens is 497 g/mol. The molecule has 0 aromatic heterocycles. The Bertz CT molecular complexity index is 781. The third-order valence-electron chi connectivity index (χ3n) is 5.13. The van der Waals surface area contributed by atoms with Gasteiger partial charge in [0.1, 0.15) is 11.3 Å². The van der Waals surface area contributed by atoms with E-state index in [2.05, 4.69) is 58.9 Å². The van der Waals surface area contributed by atoms with Crippen LogP contribution in [0.1, 0.15) is 10.4 Å². The second kappa shape index (κ2) is 14.4. The highest BCUT2D eigenvalue weighted by Gasteiger charge is 2.23. The summed E-state index contributed by atoms with van der Waals surface area (Å²) < 4.78 is 34.2. The van der Waals surface area contributed by atoms with Crippen LogP contribution in [0.25, 0.3) is 0 Å². The fraction of sp³-hybridized carbons (Fsp3) is 0.720. The highest BCUT2D eigenvalue weighted by molar-refractivity contribution is 6.76. The molecule has 0 aliphatic carbocycles. The van der Waals surface area contributed by atoms with Crippen molar-refractivity contribution in [3.63, 3.8) is 0 Å². The molecule has 0 N–H and O–H groups in total. The van der Waals surface area contributed by atoms with Gasteiger partial charge >= 0.3 is 5.97 Å². The van der Waals surface area contributed by atoms with Crippen molar-refractivity contribution in [3.8, 4) is 17.2 Å². The van der Waals surface area contributed by atoms with E-state index in [0.717, 1.165) is 18.1 Å². The molecule has 0 aliphatic heterocycles. The highest BCUT2D eigenvalue weighted by atomic mass is 28.3. The quantitative estimate of drug-likeness (QED) is 0.0950. The fourth-order valence-corrected chi connectivity index (χ4v) is 4.96. The van der Waals surface area contributed by atoms with Crippen LogP contribution in [0.15, 0.2) is 12.1 Å². The van der Waals surface area contributed by atoms with Gasteiger partial charge in [-0.2, -0.15) is 0 Å². The molecule has 7 nitrogen and oxygen atoms in total. The zero-order valence-corrected chi connectivity index (χ0v) is 26.7. The highest BCUT2D eigenvalue weighted by Crippen LogP contribution is 2.37. The second-order valence-corrected chi connectivity index (χ2v) is 29.3. The topological polar surface area (TPSA) is 72.5 Å². The fourth-order valence-electron chi connectivity index (χ4n) is 2.73. The standard InChI is InChI=1S/C25H48O7Si3/c1-27-25(26)22-17-21(31-19-28-11-14-33(2,3)4)18-23(30-13-16-35(8,9)10)24(22)32-20-29-12-15-34(5,6)7/h17-18H,11-16,19-20H2,1-10H3. The summed E-state index contributed by atoms with van der Waals surface area (Å²) in [5.41, 5.74) is 0.240. The first-order valence-corrected chi connectivity index (χ1v) is 23.5. The summed E-state index contributed by atoms with van der Waals surface area (Å²) in [5, 5.41) is 0. The number of rotatable bonds is 17. The van der Waals surface area contributed by atoms with Crippen molar-refractivity contribution in [1.29, 1.82) is 0 Å². The van der Waals surface area contributed by atoms with Crippen molar-refractivity contribution >= 4 is 30.2 Å². The van der Waals surface area contributed by atoms with Gasteiger partial charge in [0, 0.05) is 43.5 Å². The van der Waals surface area contributed by atoms with Crippen LogP contribution in [-0.4, -0.2) is 70.7 Å². The summed E-state index contributed by atoms with van der Waals surface area (Å²) in [6, 6.07) is 6.41. The van der Waals surface area contributed by atoms with Gasteiger partial charge in [-0.05, 0) is 24.2 Å². The molecule has 0 fully saturated rings. The number of esters is 1. The molecule has 10 heteroatoms. The average Bonchev–Trinajstić information content (AvgIpc) is 2.71. The Labute approximate surface area is 215 Å². The maximum atomic E-state index is 12.6. The number of ether oxygens (including phenoxy) is 6. The lowest BCUT2D eigenvalue weighted by Gasteiger charge is -2.20. The van der Waals surface area contributed by atoms with Gasteiger partial charge in [-0.3, -0.25) is 0 Å². The van der Waals surface area contributed by atoms with Crippen LogP contribution in [0.4, 0.5) is 0 Å². The SMILES string of the molecule is COC(=O)c1cc(OCOCC[Si](C)(C)C)cc(OCC[Si](C)(C)C)c1OCOCC[Si](C)(C)C. The van der Waals surface area contributed by atoms with Crippen molar-refractivity contribution in [3.05, 3.63) is 17.7 Å². The number of hydrogen-bond donors (Lipinski definition) is 0. The molecule has 0 saturated carbocycles. The van der Waals surface area contributed by atoms with Crippen molar-refractivity contribution in [2.24, 2.45) is 0 Å². The van der Waals surface area contributed by atoms with E-state index >= 15 is 0 Å². The summed E-state index contributed by atoms with van der Waals surface area (Å²) in [4.78, 5) is 12.6. The summed E-state index contributed by atoms with van der Waals surface area (Å²) in [6.07, 6.45) is 0. The number of hydrogen-bond acceptors (Lipinski definition) is 7. The van der Waals surface area contributed by atoms with Crippen LogP contribution < -0.4 is 14.2 Å². The number of carbonyl (C=O) groups excluding carboxylic acids is 1. The largest absolute Gasteiger partial charge is 0.490 e. The molecule has 1 aromatic carbocycles. The van der Waals surface area contributed by atoms with Gasteiger partial charge in [-0.25, -0.2) is 4.79 Å². The Balaban J connectivity index is 3.02. The van der Waals surface area contributed by atoms with E-state index in [9.17, 15) is 4.79 Å². The maximum absolute atomic E-state index is 12.6. The minimum atomic E-state index is -1.31. The molecule has 35 heavy (non-hydrogen) atoms. The molecule has 0 unspecified atom stereocenters. The van der Waals surface area contributed by atoms with Crippen molar-refractivity contribution in [2.45, 2.75) is 77.1 Å². The lowest BCUT2D eigenvalue weighted by molar-refractivity contribution is 0.0167. The number of benzene rings is 1. The van der Waals surface area contributed by atoms with Crippen LogP contribution in [-0.2, 0) is 14.2 Å². The molecule has 1 rings (SSSR count). The van der Waals surface area contributed by atoms with Crippen LogP contribution in [0, 0.1) is 0 Å². The number of methoxy groups -OCH3 is 1. The van der Waals surface area contributed by atoms with Crippen LogP contribution in [0.3, 0.4) is 0 Å². The van der Waals surface area contributed by atoms with E-state index in [4.69, 9.17) is 28.4 Å². The molecule has 0 radical (unpaired) electrons. The van der Waals surface area contributed by atoms with Gasteiger partial charge in [0.2, 0.25) is 0 Å². The van der Waals surface area contributed by atoms with Crippen LogP contribution >= 0.6 is 0 Å².